The van der Waals surface area contributed by atoms with Gasteiger partial charge in [0.2, 0.25) is 10.0 Å². The minimum atomic E-state index is -3.49. The lowest BCUT2D eigenvalue weighted by atomic mass is 10.3. The van der Waals surface area contributed by atoms with Crippen LogP contribution in [0.15, 0.2) is 46.7 Å². The second kappa shape index (κ2) is 6.39. The Hall–Kier alpha value is -1.37. The summed E-state index contributed by atoms with van der Waals surface area (Å²) in [6, 6.07) is 10.9. The van der Waals surface area contributed by atoms with Crippen molar-refractivity contribution in [3.63, 3.8) is 0 Å². The van der Waals surface area contributed by atoms with Crippen molar-refractivity contribution in [2.75, 3.05) is 18.9 Å². The van der Waals surface area contributed by atoms with E-state index in [0.717, 1.165) is 4.88 Å². The van der Waals surface area contributed by atoms with Crippen LogP contribution in [0.5, 0.6) is 0 Å². The number of benzene rings is 1. The molecule has 0 amide bonds. The Kier molecular flexibility index (Phi) is 4.80. The minimum absolute atomic E-state index is 0.320. The molecule has 6 heteroatoms. The first-order valence-corrected chi connectivity index (χ1v) is 8.69. The number of para-hydroxylation sites is 1. The van der Waals surface area contributed by atoms with Crippen LogP contribution in [0.3, 0.4) is 0 Å². The predicted octanol–water partition coefficient (Wildman–Crippen LogP) is 3.00. The third-order valence-corrected chi connectivity index (χ3v) is 5.62. The quantitative estimate of drug-likeness (QED) is 0.892. The van der Waals surface area contributed by atoms with E-state index in [1.807, 2.05) is 30.5 Å². The molecule has 0 aliphatic heterocycles. The van der Waals surface area contributed by atoms with Crippen LogP contribution in [0.1, 0.15) is 11.8 Å². The monoisotopic (exact) mass is 310 g/mol. The van der Waals surface area contributed by atoms with Crippen molar-refractivity contribution in [1.29, 1.82) is 0 Å². The molecule has 0 aliphatic carbocycles. The first-order chi connectivity index (χ1) is 9.55. The van der Waals surface area contributed by atoms with Crippen molar-refractivity contribution < 1.29 is 8.42 Å². The highest BCUT2D eigenvalue weighted by Crippen LogP contribution is 2.25. The Morgan fingerprint density at radius 1 is 1.20 bits per heavy atom. The number of nitrogens with one attached hydrogen (secondary N) is 1. The maximum Gasteiger partial charge on any atom is 0.245 e. The molecule has 0 saturated heterocycles. The summed E-state index contributed by atoms with van der Waals surface area (Å²) in [7, 11) is -1.88. The van der Waals surface area contributed by atoms with Gasteiger partial charge in [-0.25, -0.2) is 8.42 Å². The fourth-order valence-corrected chi connectivity index (χ4v) is 4.06. The van der Waals surface area contributed by atoms with E-state index in [1.165, 1.54) is 4.31 Å². The zero-order valence-corrected chi connectivity index (χ0v) is 13.2. The van der Waals surface area contributed by atoms with Crippen LogP contribution in [0, 0.1) is 0 Å². The van der Waals surface area contributed by atoms with E-state index in [2.05, 4.69) is 5.32 Å². The van der Waals surface area contributed by atoms with Crippen LogP contribution in [-0.2, 0) is 16.6 Å². The molecule has 0 radical (unpaired) electrons. The topological polar surface area (TPSA) is 49.4 Å². The normalized spacial score (nSPS) is 11.8. The van der Waals surface area contributed by atoms with Crippen LogP contribution in [0.2, 0.25) is 0 Å². The molecule has 0 saturated carbocycles. The number of anilines is 1. The zero-order chi connectivity index (χ0) is 14.6. The lowest BCUT2D eigenvalue weighted by molar-refractivity contribution is 0.470. The minimum Gasteiger partial charge on any atom is -0.384 e. The molecule has 1 aromatic carbocycles. The molecule has 0 fully saturated rings. The lowest BCUT2D eigenvalue weighted by Gasteiger charge is -2.19. The lowest BCUT2D eigenvalue weighted by Crippen LogP contribution is -2.27. The number of thiophene rings is 1. The second-order valence-electron chi connectivity index (χ2n) is 4.37. The van der Waals surface area contributed by atoms with Gasteiger partial charge in [-0.1, -0.05) is 18.2 Å². The van der Waals surface area contributed by atoms with Gasteiger partial charge in [-0.15, -0.1) is 11.3 Å². The summed E-state index contributed by atoms with van der Waals surface area (Å²) in [6.07, 6.45) is 0. The van der Waals surface area contributed by atoms with Gasteiger partial charge < -0.3 is 5.32 Å². The van der Waals surface area contributed by atoms with Gasteiger partial charge in [0.25, 0.3) is 0 Å². The van der Waals surface area contributed by atoms with E-state index >= 15 is 0 Å². The summed E-state index contributed by atoms with van der Waals surface area (Å²) in [5.74, 6) is 0. The summed E-state index contributed by atoms with van der Waals surface area (Å²) in [5, 5.41) is 5.04. The van der Waals surface area contributed by atoms with Gasteiger partial charge >= 0.3 is 0 Å². The van der Waals surface area contributed by atoms with E-state index < -0.39 is 10.0 Å². The molecule has 0 unspecified atom stereocenters. The molecule has 2 rings (SSSR count). The van der Waals surface area contributed by atoms with Gasteiger partial charge in [0.05, 0.1) is 5.69 Å². The highest BCUT2D eigenvalue weighted by Gasteiger charge is 2.23. The second-order valence-corrected chi connectivity index (χ2v) is 7.41. The molecule has 1 heterocycles. The summed E-state index contributed by atoms with van der Waals surface area (Å²) < 4.78 is 26.7. The van der Waals surface area contributed by atoms with Gasteiger partial charge in [-0.3, -0.25) is 0 Å². The third kappa shape index (κ3) is 3.20. The van der Waals surface area contributed by atoms with Crippen LogP contribution in [0.4, 0.5) is 5.69 Å². The standard InChI is InChI=1S/C14H18N2O2S2/c1-3-15-13-8-4-5-9-14(13)20(17,18)16(2)11-12-7-6-10-19-12/h4-10,15H,3,11H2,1-2H3. The first-order valence-electron chi connectivity index (χ1n) is 6.37. The molecule has 20 heavy (non-hydrogen) atoms. The number of hydrogen-bond acceptors (Lipinski definition) is 4. The molecular formula is C14H18N2O2S2. The molecular weight excluding hydrogens is 292 g/mol. The molecule has 108 valence electrons. The summed E-state index contributed by atoms with van der Waals surface area (Å²) in [6.45, 7) is 3.01. The maximum atomic E-state index is 12.6. The van der Waals surface area contributed by atoms with Crippen LogP contribution < -0.4 is 5.32 Å². The number of nitrogens with zero attached hydrogens (tertiary/aromatic N) is 1. The largest absolute Gasteiger partial charge is 0.384 e. The average molecular weight is 310 g/mol. The summed E-state index contributed by atoms with van der Waals surface area (Å²) >= 11 is 1.56. The third-order valence-electron chi connectivity index (χ3n) is 2.90. The Bertz CT molecular complexity index is 652. The van der Waals surface area contributed by atoms with Crippen molar-refractivity contribution in [3.8, 4) is 0 Å². The van der Waals surface area contributed by atoms with Crippen molar-refractivity contribution in [1.82, 2.24) is 4.31 Å². The summed E-state index contributed by atoms with van der Waals surface area (Å²) in [4.78, 5) is 1.35. The fourth-order valence-electron chi connectivity index (χ4n) is 1.90. The smallest absolute Gasteiger partial charge is 0.245 e. The van der Waals surface area contributed by atoms with Gasteiger partial charge in [-0.2, -0.15) is 4.31 Å². The van der Waals surface area contributed by atoms with Crippen molar-refractivity contribution >= 4 is 27.0 Å². The molecule has 0 bridgehead atoms. The fraction of sp³-hybridized carbons (Fsp3) is 0.286. The maximum absolute atomic E-state index is 12.6. The Morgan fingerprint density at radius 3 is 2.60 bits per heavy atom. The summed E-state index contributed by atoms with van der Waals surface area (Å²) in [5.41, 5.74) is 0.646. The van der Waals surface area contributed by atoms with E-state index in [4.69, 9.17) is 0 Å². The van der Waals surface area contributed by atoms with E-state index in [-0.39, 0.29) is 0 Å². The number of hydrogen-bond donors (Lipinski definition) is 1. The van der Waals surface area contributed by atoms with Crippen LogP contribution in [0.25, 0.3) is 0 Å². The van der Waals surface area contributed by atoms with Crippen molar-refractivity contribution in [2.45, 2.75) is 18.4 Å². The molecule has 2 aromatic rings. The Labute approximate surface area is 124 Å². The van der Waals surface area contributed by atoms with Crippen molar-refractivity contribution in [2.24, 2.45) is 0 Å². The van der Waals surface area contributed by atoms with Crippen LogP contribution >= 0.6 is 11.3 Å². The zero-order valence-electron chi connectivity index (χ0n) is 11.5. The number of rotatable bonds is 6. The molecule has 1 aromatic heterocycles. The highest BCUT2D eigenvalue weighted by atomic mass is 32.2. The molecule has 0 spiro atoms. The van der Waals surface area contributed by atoms with Gasteiger partial charge in [0.1, 0.15) is 4.90 Å². The molecule has 1 N–H and O–H groups in total. The van der Waals surface area contributed by atoms with Crippen molar-refractivity contribution in [3.05, 3.63) is 46.7 Å². The Morgan fingerprint density at radius 2 is 1.95 bits per heavy atom. The molecule has 0 aliphatic rings. The van der Waals surface area contributed by atoms with E-state index in [0.29, 0.717) is 23.7 Å². The predicted molar refractivity (Wildman–Crippen MR) is 83.6 cm³/mol. The SMILES string of the molecule is CCNc1ccccc1S(=O)(=O)N(C)Cc1cccs1. The van der Waals surface area contributed by atoms with E-state index in [9.17, 15) is 8.42 Å². The number of sulfonamides is 1. The van der Waals surface area contributed by atoms with Crippen LogP contribution in [-0.4, -0.2) is 26.3 Å². The van der Waals surface area contributed by atoms with Gasteiger partial charge in [-0.05, 0) is 30.5 Å². The van der Waals surface area contributed by atoms with Gasteiger partial charge in [0, 0.05) is 25.0 Å². The highest BCUT2D eigenvalue weighted by molar-refractivity contribution is 7.89. The molecule has 4 nitrogen and oxygen atoms in total. The van der Waals surface area contributed by atoms with Gasteiger partial charge in [0.15, 0.2) is 0 Å². The molecule has 0 atom stereocenters. The average Bonchev–Trinajstić information content (AvgIpc) is 2.92. The first kappa shape index (κ1) is 15.0. The Balaban J connectivity index is 2.30. The van der Waals surface area contributed by atoms with E-state index in [1.54, 1.807) is 36.6 Å².